The number of amides is 3. The third kappa shape index (κ3) is 5.78. The lowest BCUT2D eigenvalue weighted by Crippen LogP contribution is -2.37. The minimum atomic E-state index is -0.272. The van der Waals surface area contributed by atoms with E-state index in [1.54, 1.807) is 24.4 Å². The van der Waals surface area contributed by atoms with Crippen molar-refractivity contribution in [2.45, 2.75) is 38.3 Å². The van der Waals surface area contributed by atoms with Crippen molar-refractivity contribution in [2.24, 2.45) is 15.9 Å². The highest BCUT2D eigenvalue weighted by Gasteiger charge is 2.26. The zero-order valence-electron chi connectivity index (χ0n) is 20.8. The van der Waals surface area contributed by atoms with E-state index < -0.39 is 0 Å². The van der Waals surface area contributed by atoms with Gasteiger partial charge in [0.2, 0.25) is 0 Å². The van der Waals surface area contributed by atoms with Crippen LogP contribution < -0.4 is 16.0 Å². The van der Waals surface area contributed by atoms with Gasteiger partial charge in [-0.2, -0.15) is 0 Å². The van der Waals surface area contributed by atoms with Crippen LogP contribution in [0.5, 0.6) is 0 Å². The molecule has 1 saturated carbocycles. The van der Waals surface area contributed by atoms with Crippen molar-refractivity contribution < 1.29 is 14.3 Å². The number of rotatable bonds is 3. The van der Waals surface area contributed by atoms with Crippen LogP contribution in [0.15, 0.2) is 39.8 Å². The van der Waals surface area contributed by atoms with Crippen molar-refractivity contribution in [3.63, 3.8) is 0 Å². The van der Waals surface area contributed by atoms with E-state index in [-0.39, 0.29) is 24.6 Å². The van der Waals surface area contributed by atoms with Gasteiger partial charge in [0.25, 0.3) is 5.91 Å². The number of amidine groups is 1. The van der Waals surface area contributed by atoms with Crippen molar-refractivity contribution >= 4 is 29.9 Å². The Bertz CT molecular complexity index is 1130. The predicted molar refractivity (Wildman–Crippen MR) is 138 cm³/mol. The number of carbonyl (C=O) groups excluding carboxylic acids is 2. The molecule has 2 bridgehead atoms. The number of allylic oxidation sites excluding steroid dienone is 1. The zero-order chi connectivity index (χ0) is 25.1. The molecule has 0 spiro atoms. The quantitative estimate of drug-likeness (QED) is 0.510. The number of hydrogen-bond donors (Lipinski definition) is 4. The molecule has 4 N–H and O–H groups in total. The van der Waals surface area contributed by atoms with Crippen molar-refractivity contribution in [2.75, 3.05) is 45.7 Å². The molecule has 4 aliphatic rings. The van der Waals surface area contributed by atoms with Gasteiger partial charge in [0.05, 0.1) is 23.6 Å². The Morgan fingerprint density at radius 1 is 1.28 bits per heavy atom. The normalized spacial score (nSPS) is 24.4. The Balaban J connectivity index is 1.41. The Hall–Kier alpha value is -3.60. The number of urea groups is 1. The van der Waals surface area contributed by atoms with Gasteiger partial charge in [0.15, 0.2) is 12.4 Å². The minimum Gasteiger partial charge on any atom is -0.486 e. The summed E-state index contributed by atoms with van der Waals surface area (Å²) in [5.41, 5.74) is 2.62. The summed E-state index contributed by atoms with van der Waals surface area (Å²) in [4.78, 5) is 41.8. The van der Waals surface area contributed by atoms with Crippen LogP contribution in [0.4, 0.5) is 10.6 Å². The van der Waals surface area contributed by atoms with E-state index >= 15 is 0 Å². The number of hydrogen-bond acceptors (Lipinski definition) is 7. The van der Waals surface area contributed by atoms with Crippen LogP contribution >= 0.6 is 0 Å². The number of aromatic amines is 1. The highest BCUT2D eigenvalue weighted by atomic mass is 16.5. The number of nitrogens with one attached hydrogen (secondary N) is 4. The molecule has 5 rings (SSSR count). The van der Waals surface area contributed by atoms with Crippen molar-refractivity contribution in [1.82, 2.24) is 25.4 Å². The molecule has 2 aliphatic heterocycles. The van der Waals surface area contributed by atoms with Gasteiger partial charge in [-0.25, -0.2) is 9.79 Å². The summed E-state index contributed by atoms with van der Waals surface area (Å²) in [5, 5.41) is 8.97. The smallest absolute Gasteiger partial charge is 0.319 e. The fourth-order valence-corrected chi connectivity index (χ4v) is 4.50. The maximum Gasteiger partial charge on any atom is 0.319 e. The third-order valence-electron chi connectivity index (χ3n) is 6.81. The maximum absolute atomic E-state index is 12.7. The molecule has 0 aromatic carbocycles. The van der Waals surface area contributed by atoms with Gasteiger partial charge in [-0.1, -0.05) is 6.08 Å². The molecular formula is C25H34N8O3. The van der Waals surface area contributed by atoms with Crippen LogP contribution in [-0.4, -0.2) is 85.3 Å². The van der Waals surface area contributed by atoms with E-state index in [9.17, 15) is 9.59 Å². The van der Waals surface area contributed by atoms with E-state index in [0.29, 0.717) is 42.7 Å². The van der Waals surface area contributed by atoms with Gasteiger partial charge < -0.3 is 35.5 Å². The summed E-state index contributed by atoms with van der Waals surface area (Å²) >= 11 is 0. The molecule has 11 heteroatoms. The Morgan fingerprint density at radius 2 is 2.14 bits per heavy atom. The number of anilines is 1. The van der Waals surface area contributed by atoms with E-state index in [0.717, 1.165) is 49.3 Å². The standard InChI is InChI=1S/C25H34N8O3/c1-32-8-3-9-33(2)21(34)14-36-20-10-18(6-7-19(20)31-25(35)27-11-16-4-5-16)30-24-22-17(13-32)12-26-23(22)28-15-29-24/h6-7,12,15-16,18H,3-5,8-11,13-14H2,1-2H3,(H2,27,31,35)(H2,26,28,29,30). The van der Waals surface area contributed by atoms with Crippen LogP contribution in [0.2, 0.25) is 0 Å². The molecule has 3 amide bonds. The van der Waals surface area contributed by atoms with Gasteiger partial charge in [-0.15, -0.1) is 0 Å². The molecule has 36 heavy (non-hydrogen) atoms. The molecule has 11 nitrogen and oxygen atoms in total. The first kappa shape index (κ1) is 24.1. The number of aromatic nitrogens is 1. The minimum absolute atomic E-state index is 0.0954. The van der Waals surface area contributed by atoms with Crippen LogP contribution in [-0.2, 0) is 16.1 Å². The number of aliphatic imine (C=N–C) groups is 2. The second-order valence-corrected chi connectivity index (χ2v) is 9.86. The van der Waals surface area contributed by atoms with Gasteiger partial charge >= 0.3 is 6.03 Å². The zero-order valence-corrected chi connectivity index (χ0v) is 20.8. The molecule has 1 aromatic rings. The summed E-state index contributed by atoms with van der Waals surface area (Å²) in [6.45, 7) is 2.77. The molecule has 192 valence electrons. The first-order valence-electron chi connectivity index (χ1n) is 12.5. The first-order valence-corrected chi connectivity index (χ1v) is 12.5. The lowest BCUT2D eigenvalue weighted by Gasteiger charge is -2.25. The van der Waals surface area contributed by atoms with Gasteiger partial charge in [0.1, 0.15) is 11.6 Å². The SMILES string of the molecule is CN1CCCN(C)C(=O)COC2=C(NC(=O)NCC3CC3)C=CC(C2)/N=C2\N=CNc3[nH]cc(c32)C1. The first-order chi connectivity index (χ1) is 17.5. The van der Waals surface area contributed by atoms with Crippen molar-refractivity contribution in [1.29, 1.82) is 0 Å². The van der Waals surface area contributed by atoms with E-state index in [1.807, 2.05) is 12.3 Å². The van der Waals surface area contributed by atoms with Gasteiger partial charge in [-0.3, -0.25) is 9.79 Å². The monoisotopic (exact) mass is 494 g/mol. The molecule has 1 aromatic heterocycles. The second kappa shape index (κ2) is 10.6. The van der Waals surface area contributed by atoms with E-state index in [4.69, 9.17) is 9.73 Å². The number of nitrogens with zero attached hydrogens (tertiary/aromatic N) is 4. The second-order valence-electron chi connectivity index (χ2n) is 9.86. The fraction of sp³-hybridized carbons (Fsp3) is 0.520. The van der Waals surface area contributed by atoms with Crippen LogP contribution in [0.3, 0.4) is 0 Å². The number of H-pyrrole nitrogens is 1. The fourth-order valence-electron chi connectivity index (χ4n) is 4.50. The molecular weight excluding hydrogens is 460 g/mol. The molecule has 0 radical (unpaired) electrons. The lowest BCUT2D eigenvalue weighted by molar-refractivity contribution is -0.133. The Kier molecular flexibility index (Phi) is 7.08. The Labute approximate surface area is 210 Å². The average Bonchev–Trinajstić information content (AvgIpc) is 3.61. The summed E-state index contributed by atoms with van der Waals surface area (Å²) in [7, 11) is 3.86. The number of carbonyl (C=O) groups is 2. The molecule has 1 fully saturated rings. The van der Waals surface area contributed by atoms with Gasteiger partial charge in [-0.05, 0) is 50.4 Å². The maximum atomic E-state index is 12.7. The molecule has 1 atom stereocenters. The predicted octanol–water partition coefficient (Wildman–Crippen LogP) is 1.77. The van der Waals surface area contributed by atoms with Crippen LogP contribution in [0, 0.1) is 5.92 Å². The summed E-state index contributed by atoms with van der Waals surface area (Å²) < 4.78 is 5.99. The summed E-state index contributed by atoms with van der Waals surface area (Å²) in [5.74, 6) is 2.53. The van der Waals surface area contributed by atoms with E-state index in [2.05, 4.69) is 37.9 Å². The van der Waals surface area contributed by atoms with Crippen molar-refractivity contribution in [3.05, 3.63) is 40.9 Å². The van der Waals surface area contributed by atoms with Crippen LogP contribution in [0.1, 0.15) is 36.8 Å². The topological polar surface area (TPSA) is 126 Å². The van der Waals surface area contributed by atoms with Gasteiger partial charge in [0, 0.05) is 39.3 Å². The average molecular weight is 495 g/mol. The van der Waals surface area contributed by atoms with Crippen molar-refractivity contribution in [3.8, 4) is 0 Å². The largest absolute Gasteiger partial charge is 0.486 e. The Morgan fingerprint density at radius 3 is 2.97 bits per heavy atom. The van der Waals surface area contributed by atoms with Crippen LogP contribution in [0.25, 0.3) is 0 Å². The highest BCUT2D eigenvalue weighted by Crippen LogP contribution is 2.28. The lowest BCUT2D eigenvalue weighted by atomic mass is 10.0. The molecule has 0 saturated heterocycles. The number of ether oxygens (including phenoxy) is 1. The third-order valence-corrected chi connectivity index (χ3v) is 6.81. The summed E-state index contributed by atoms with van der Waals surface area (Å²) in [6.07, 6.45) is 10.9. The number of likely N-dealkylation sites (N-methyl/N-ethyl adjacent to an activating group) is 1. The summed E-state index contributed by atoms with van der Waals surface area (Å²) in [6, 6.07) is -0.522. The molecule has 1 unspecified atom stereocenters. The molecule has 2 aliphatic carbocycles. The highest BCUT2D eigenvalue weighted by molar-refractivity contribution is 6.12. The number of fused-ring (bicyclic) bond motifs is 2. The van der Waals surface area contributed by atoms with E-state index in [1.165, 1.54) is 0 Å². The molecule has 3 heterocycles.